The zero-order chi connectivity index (χ0) is 37.4. The molecule has 0 N–H and O–H groups in total. The van der Waals surface area contributed by atoms with E-state index in [2.05, 4.69) is 207 Å². The lowest BCUT2D eigenvalue weighted by molar-refractivity contribution is 0.795. The molecule has 0 atom stereocenters. The summed E-state index contributed by atoms with van der Waals surface area (Å²) in [6.45, 7) is 2.26. The fourth-order valence-corrected chi connectivity index (χ4v) is 8.71. The maximum Gasteiger partial charge on any atom is -0.00201 e. The SMILES string of the molecule is CCCCc1cccc(-c2cccc(-c3cccc(-c4ccc5c6c(cccc46)-c4cc(-c6cccc(-c7cccc(-c8ccccc8)c7)c6)ccc4-5)c3)c2)c1. The van der Waals surface area contributed by atoms with Crippen molar-refractivity contribution < 1.29 is 0 Å². The second kappa shape index (κ2) is 14.5. The highest BCUT2D eigenvalue weighted by molar-refractivity contribution is 6.19. The molecule has 0 spiro atoms. The van der Waals surface area contributed by atoms with Crippen LogP contribution < -0.4 is 0 Å². The first-order valence-electron chi connectivity index (χ1n) is 20.0. The van der Waals surface area contributed by atoms with Gasteiger partial charge in [-0.05, 0) is 149 Å². The quantitative estimate of drug-likeness (QED) is 0.140. The Morgan fingerprint density at radius 3 is 1.36 bits per heavy atom. The zero-order valence-corrected chi connectivity index (χ0v) is 31.7. The van der Waals surface area contributed by atoms with Crippen molar-refractivity contribution in [2.75, 3.05) is 0 Å². The monoisotopic (exact) mass is 714 g/mol. The Hall–Kier alpha value is -6.76. The van der Waals surface area contributed by atoms with Crippen molar-refractivity contribution in [2.24, 2.45) is 0 Å². The number of hydrogen-bond acceptors (Lipinski definition) is 0. The van der Waals surface area contributed by atoms with Gasteiger partial charge in [-0.25, -0.2) is 0 Å². The molecule has 0 heterocycles. The fraction of sp³-hybridized carbons (Fsp3) is 0.0714. The zero-order valence-electron chi connectivity index (χ0n) is 31.7. The summed E-state index contributed by atoms with van der Waals surface area (Å²) >= 11 is 0. The molecule has 266 valence electrons. The van der Waals surface area contributed by atoms with Crippen LogP contribution in [0.2, 0.25) is 0 Å². The van der Waals surface area contributed by atoms with Crippen LogP contribution in [0.4, 0.5) is 0 Å². The second-order valence-electron chi connectivity index (χ2n) is 15.1. The Kier molecular flexibility index (Phi) is 8.73. The van der Waals surface area contributed by atoms with Gasteiger partial charge in [-0.1, -0.05) is 183 Å². The van der Waals surface area contributed by atoms with Crippen LogP contribution in [0, 0.1) is 0 Å². The molecule has 0 fully saturated rings. The summed E-state index contributed by atoms with van der Waals surface area (Å²) < 4.78 is 0. The summed E-state index contributed by atoms with van der Waals surface area (Å²) in [5.74, 6) is 0. The number of fused-ring (bicyclic) bond motifs is 3. The van der Waals surface area contributed by atoms with Crippen LogP contribution in [0.1, 0.15) is 25.3 Å². The lowest BCUT2D eigenvalue weighted by Crippen LogP contribution is -1.87. The van der Waals surface area contributed by atoms with Gasteiger partial charge in [-0.2, -0.15) is 0 Å². The van der Waals surface area contributed by atoms with E-state index >= 15 is 0 Å². The highest BCUT2D eigenvalue weighted by atomic mass is 14.3. The maximum atomic E-state index is 2.40. The van der Waals surface area contributed by atoms with Crippen LogP contribution in [0.3, 0.4) is 0 Å². The second-order valence-corrected chi connectivity index (χ2v) is 15.1. The van der Waals surface area contributed by atoms with E-state index in [0.717, 1.165) is 6.42 Å². The molecule has 0 saturated heterocycles. The van der Waals surface area contributed by atoms with Crippen molar-refractivity contribution in [1.82, 2.24) is 0 Å². The molecule has 0 amide bonds. The van der Waals surface area contributed by atoms with E-state index in [1.54, 1.807) is 0 Å². The van der Waals surface area contributed by atoms with Gasteiger partial charge in [0.2, 0.25) is 0 Å². The average Bonchev–Trinajstić information content (AvgIpc) is 3.60. The Labute approximate surface area is 330 Å². The molecule has 0 bridgehead atoms. The van der Waals surface area contributed by atoms with E-state index in [9.17, 15) is 0 Å². The fourth-order valence-electron chi connectivity index (χ4n) is 8.71. The molecule has 0 aliphatic heterocycles. The van der Waals surface area contributed by atoms with Gasteiger partial charge in [-0.15, -0.1) is 0 Å². The molecule has 9 aromatic carbocycles. The van der Waals surface area contributed by atoms with E-state index in [0.29, 0.717) is 0 Å². The van der Waals surface area contributed by atoms with E-state index in [1.807, 2.05) is 0 Å². The van der Waals surface area contributed by atoms with Gasteiger partial charge in [0, 0.05) is 0 Å². The number of rotatable bonds is 9. The minimum Gasteiger partial charge on any atom is -0.0654 e. The Bertz CT molecular complexity index is 2890. The largest absolute Gasteiger partial charge is 0.0654 e. The summed E-state index contributed by atoms with van der Waals surface area (Å²) in [6, 6.07) is 74.1. The van der Waals surface area contributed by atoms with Crippen LogP contribution in [0.5, 0.6) is 0 Å². The van der Waals surface area contributed by atoms with Crippen molar-refractivity contribution in [3.63, 3.8) is 0 Å². The molecule has 0 heteroatoms. The summed E-state index contributed by atoms with van der Waals surface area (Å²) in [5, 5.41) is 2.65. The van der Waals surface area contributed by atoms with Gasteiger partial charge in [0.15, 0.2) is 0 Å². The summed E-state index contributed by atoms with van der Waals surface area (Å²) in [4.78, 5) is 0. The summed E-state index contributed by atoms with van der Waals surface area (Å²) in [6.07, 6.45) is 3.57. The third-order valence-corrected chi connectivity index (χ3v) is 11.6. The average molecular weight is 715 g/mol. The molecular weight excluding hydrogens is 673 g/mol. The molecule has 0 unspecified atom stereocenters. The minimum atomic E-state index is 1.13. The van der Waals surface area contributed by atoms with Crippen LogP contribution >= 0.6 is 0 Å². The smallest absolute Gasteiger partial charge is 0.00201 e. The van der Waals surface area contributed by atoms with Crippen molar-refractivity contribution in [1.29, 1.82) is 0 Å². The normalized spacial score (nSPS) is 11.5. The highest BCUT2D eigenvalue weighted by Crippen LogP contribution is 2.50. The lowest BCUT2D eigenvalue weighted by Gasteiger charge is -2.12. The summed E-state index contributed by atoms with van der Waals surface area (Å²) in [5.41, 5.74) is 21.6. The van der Waals surface area contributed by atoms with E-state index in [1.165, 1.54) is 118 Å². The Morgan fingerprint density at radius 2 is 0.732 bits per heavy atom. The van der Waals surface area contributed by atoms with Crippen LogP contribution in [0.25, 0.3) is 99.8 Å². The van der Waals surface area contributed by atoms with Gasteiger partial charge in [0.05, 0.1) is 0 Å². The molecule has 9 aromatic rings. The van der Waals surface area contributed by atoms with Crippen molar-refractivity contribution in [3.05, 3.63) is 206 Å². The number of aryl methyl sites for hydroxylation is 1. The van der Waals surface area contributed by atoms with Gasteiger partial charge in [0.1, 0.15) is 0 Å². The number of unbranched alkanes of at least 4 members (excludes halogenated alkanes) is 1. The first kappa shape index (κ1) is 33.8. The molecular formula is C56H42. The van der Waals surface area contributed by atoms with E-state index in [4.69, 9.17) is 0 Å². The maximum absolute atomic E-state index is 2.40. The van der Waals surface area contributed by atoms with Gasteiger partial charge in [0.25, 0.3) is 0 Å². The van der Waals surface area contributed by atoms with Crippen molar-refractivity contribution in [2.45, 2.75) is 26.2 Å². The molecule has 0 nitrogen and oxygen atoms in total. The first-order valence-corrected chi connectivity index (χ1v) is 20.0. The lowest BCUT2D eigenvalue weighted by atomic mass is 9.92. The van der Waals surface area contributed by atoms with E-state index in [-0.39, 0.29) is 0 Å². The Morgan fingerprint density at radius 1 is 0.286 bits per heavy atom. The Balaban J connectivity index is 0.979. The topological polar surface area (TPSA) is 0 Å². The van der Waals surface area contributed by atoms with Crippen LogP contribution in [0.15, 0.2) is 200 Å². The van der Waals surface area contributed by atoms with Gasteiger partial charge in [-0.3, -0.25) is 0 Å². The standard InChI is InChI=1S/C56H42/c1-2-3-13-38-14-7-17-40(32-38)42-19-9-22-45(34-42)47-24-11-25-49(36-47)50-30-31-54-51-29-28-48(37-55(51)53-27-12-26-52(50)56(53)54)46-23-10-21-44(35-46)43-20-8-18-41(33-43)39-15-5-4-6-16-39/h4-12,14-37H,2-3,13H2,1H3. The van der Waals surface area contributed by atoms with Gasteiger partial charge < -0.3 is 0 Å². The minimum absolute atomic E-state index is 1.13. The first-order chi connectivity index (χ1) is 27.7. The molecule has 56 heavy (non-hydrogen) atoms. The molecule has 1 aliphatic rings. The van der Waals surface area contributed by atoms with Crippen molar-refractivity contribution >= 4 is 10.8 Å². The van der Waals surface area contributed by atoms with E-state index < -0.39 is 0 Å². The van der Waals surface area contributed by atoms with Crippen LogP contribution in [-0.4, -0.2) is 0 Å². The third kappa shape index (κ3) is 6.24. The predicted octanol–water partition coefficient (Wildman–Crippen LogP) is 15.8. The number of benzene rings is 9. The highest BCUT2D eigenvalue weighted by Gasteiger charge is 2.23. The predicted molar refractivity (Wildman–Crippen MR) is 240 cm³/mol. The van der Waals surface area contributed by atoms with Crippen LogP contribution in [-0.2, 0) is 6.42 Å². The molecule has 1 aliphatic carbocycles. The van der Waals surface area contributed by atoms with Gasteiger partial charge >= 0.3 is 0 Å². The van der Waals surface area contributed by atoms with Crippen molar-refractivity contribution in [3.8, 4) is 89.0 Å². The summed E-state index contributed by atoms with van der Waals surface area (Å²) in [7, 11) is 0. The molecule has 0 aromatic heterocycles. The third-order valence-electron chi connectivity index (χ3n) is 11.6. The number of hydrogen-bond donors (Lipinski definition) is 0. The molecule has 0 saturated carbocycles. The molecule has 10 rings (SSSR count). The molecule has 0 radical (unpaired) electrons.